The first kappa shape index (κ1) is 19.3. The van der Waals surface area contributed by atoms with Crippen molar-refractivity contribution in [2.75, 3.05) is 13.2 Å². The molecule has 1 fully saturated rings. The predicted molar refractivity (Wildman–Crippen MR) is 93.9 cm³/mol. The summed E-state index contributed by atoms with van der Waals surface area (Å²) in [5.74, 6) is 0. The Balaban J connectivity index is 2.07. The number of fused-ring (bicyclic) bond motifs is 2. The van der Waals surface area contributed by atoms with E-state index in [-0.39, 0.29) is 24.5 Å². The molecule has 0 aromatic heterocycles. The fourth-order valence-corrected chi connectivity index (χ4v) is 3.62. The lowest BCUT2D eigenvalue weighted by molar-refractivity contribution is -0.135. The lowest BCUT2D eigenvalue weighted by atomic mass is 9.84. The molecule has 2 atom stereocenters. The molecule has 0 aliphatic carbocycles. The largest absolute Gasteiger partial charge is 0.444 e. The summed E-state index contributed by atoms with van der Waals surface area (Å²) in [5.41, 5.74) is 0.890. The van der Waals surface area contributed by atoms with Gasteiger partial charge in [-0.15, -0.1) is 0 Å². The van der Waals surface area contributed by atoms with E-state index in [1.807, 2.05) is 39.5 Å². The second kappa shape index (κ2) is 8.34. The summed E-state index contributed by atoms with van der Waals surface area (Å²) in [5, 5.41) is 0. The highest BCUT2D eigenvalue weighted by Crippen LogP contribution is 2.36. The van der Waals surface area contributed by atoms with Crippen LogP contribution in [-0.2, 0) is 14.2 Å². The molecule has 138 valence electrons. The molecular weight excluding hydrogens is 306 g/mol. The van der Waals surface area contributed by atoms with Crippen LogP contribution in [-0.4, -0.2) is 48.2 Å². The van der Waals surface area contributed by atoms with E-state index in [1.54, 1.807) is 0 Å². The Bertz CT molecular complexity index is 449. The van der Waals surface area contributed by atoms with E-state index in [4.69, 9.17) is 14.2 Å². The molecule has 1 saturated heterocycles. The van der Waals surface area contributed by atoms with Gasteiger partial charge >= 0.3 is 6.09 Å². The van der Waals surface area contributed by atoms with Gasteiger partial charge in [-0.2, -0.15) is 0 Å². The number of carbonyl (C=O) groups excluding carboxylic acids is 1. The highest BCUT2D eigenvalue weighted by molar-refractivity contribution is 5.70. The van der Waals surface area contributed by atoms with Crippen LogP contribution in [0.4, 0.5) is 4.79 Å². The fraction of sp³-hybridized carbons (Fsp3) is 0.842. The van der Waals surface area contributed by atoms with Crippen molar-refractivity contribution in [1.82, 2.24) is 4.90 Å². The molecule has 2 aliphatic heterocycles. The van der Waals surface area contributed by atoms with E-state index in [1.165, 1.54) is 12.0 Å². The van der Waals surface area contributed by atoms with Gasteiger partial charge in [0.05, 0.1) is 6.04 Å². The Labute approximate surface area is 146 Å². The van der Waals surface area contributed by atoms with Crippen LogP contribution in [0.15, 0.2) is 11.6 Å². The quantitative estimate of drug-likeness (QED) is 0.536. The maximum absolute atomic E-state index is 12.6. The first-order valence-corrected chi connectivity index (χ1v) is 9.28. The molecule has 2 heterocycles. The number of ether oxygens (including phenoxy) is 3. The fourth-order valence-electron chi connectivity index (χ4n) is 3.62. The SMILES string of the molecule is CCOC(CC1=CC2CCCC(C1)N2C(=O)OC(C)(C)C)OCC. The van der Waals surface area contributed by atoms with Crippen LogP contribution in [0.2, 0.25) is 0 Å². The van der Waals surface area contributed by atoms with Crippen LogP contribution in [0.3, 0.4) is 0 Å². The van der Waals surface area contributed by atoms with Crippen molar-refractivity contribution >= 4 is 6.09 Å². The molecule has 5 heteroatoms. The summed E-state index contributed by atoms with van der Waals surface area (Å²) in [6.45, 7) is 11.0. The maximum atomic E-state index is 12.6. The highest BCUT2D eigenvalue weighted by Gasteiger charge is 2.39. The van der Waals surface area contributed by atoms with Gasteiger partial charge in [0.15, 0.2) is 6.29 Å². The number of piperidine rings is 1. The third-order valence-corrected chi connectivity index (χ3v) is 4.45. The topological polar surface area (TPSA) is 48.0 Å². The van der Waals surface area contributed by atoms with Crippen LogP contribution in [0, 0.1) is 0 Å². The van der Waals surface area contributed by atoms with Gasteiger partial charge in [-0.3, -0.25) is 4.90 Å². The molecule has 5 nitrogen and oxygen atoms in total. The van der Waals surface area contributed by atoms with Gasteiger partial charge in [-0.1, -0.05) is 11.6 Å². The van der Waals surface area contributed by atoms with E-state index in [0.717, 1.165) is 25.7 Å². The van der Waals surface area contributed by atoms with Crippen molar-refractivity contribution in [3.05, 3.63) is 11.6 Å². The van der Waals surface area contributed by atoms with E-state index in [9.17, 15) is 4.79 Å². The molecule has 24 heavy (non-hydrogen) atoms. The molecule has 0 spiro atoms. The van der Waals surface area contributed by atoms with Crippen molar-refractivity contribution in [3.8, 4) is 0 Å². The predicted octanol–water partition coefficient (Wildman–Crippen LogP) is 4.26. The van der Waals surface area contributed by atoms with Crippen LogP contribution in [0.1, 0.15) is 66.7 Å². The van der Waals surface area contributed by atoms with Gasteiger partial charge in [0, 0.05) is 25.7 Å². The van der Waals surface area contributed by atoms with E-state index in [0.29, 0.717) is 13.2 Å². The number of amides is 1. The third kappa shape index (κ3) is 5.21. The lowest BCUT2D eigenvalue weighted by Crippen LogP contribution is -2.53. The number of rotatable bonds is 6. The summed E-state index contributed by atoms with van der Waals surface area (Å²) in [6, 6.07) is 0.383. The Kier molecular flexibility index (Phi) is 6.70. The second-order valence-corrected chi connectivity index (χ2v) is 7.61. The third-order valence-electron chi connectivity index (χ3n) is 4.45. The number of hydrogen-bond donors (Lipinski definition) is 0. The van der Waals surface area contributed by atoms with Crippen molar-refractivity contribution in [3.63, 3.8) is 0 Å². The Hall–Kier alpha value is -1.07. The lowest BCUT2D eigenvalue weighted by Gasteiger charge is -2.45. The van der Waals surface area contributed by atoms with Crippen molar-refractivity contribution in [2.45, 2.75) is 90.7 Å². The van der Waals surface area contributed by atoms with E-state index >= 15 is 0 Å². The Morgan fingerprint density at radius 2 is 1.92 bits per heavy atom. The van der Waals surface area contributed by atoms with Gasteiger partial charge in [0.2, 0.25) is 0 Å². The molecule has 1 amide bonds. The average Bonchev–Trinajstić information content (AvgIpc) is 2.45. The van der Waals surface area contributed by atoms with Gasteiger partial charge in [-0.25, -0.2) is 4.79 Å². The van der Waals surface area contributed by atoms with Crippen molar-refractivity contribution in [2.24, 2.45) is 0 Å². The minimum absolute atomic E-state index is 0.145. The minimum Gasteiger partial charge on any atom is -0.444 e. The standard InChI is InChI=1S/C19H33NO4/c1-6-22-17(23-7-2)13-14-11-15-9-8-10-16(12-14)20(15)18(21)24-19(3,4)5/h11,15-17H,6-10,12-13H2,1-5H3. The molecule has 0 aromatic rings. The summed E-state index contributed by atoms with van der Waals surface area (Å²) < 4.78 is 17.0. The number of nitrogens with zero attached hydrogens (tertiary/aromatic N) is 1. The zero-order valence-electron chi connectivity index (χ0n) is 15.8. The molecule has 2 aliphatic rings. The molecule has 2 rings (SSSR count). The molecule has 0 radical (unpaired) electrons. The van der Waals surface area contributed by atoms with E-state index < -0.39 is 5.60 Å². The van der Waals surface area contributed by atoms with Crippen LogP contribution in [0.25, 0.3) is 0 Å². The van der Waals surface area contributed by atoms with Crippen molar-refractivity contribution in [1.29, 1.82) is 0 Å². The molecule has 2 unspecified atom stereocenters. The van der Waals surface area contributed by atoms with Gasteiger partial charge in [0.1, 0.15) is 5.60 Å². The zero-order chi connectivity index (χ0) is 17.7. The molecular formula is C19H33NO4. The first-order chi connectivity index (χ1) is 11.3. The van der Waals surface area contributed by atoms with Gasteiger partial charge < -0.3 is 14.2 Å². The average molecular weight is 339 g/mol. The normalized spacial score (nSPS) is 24.1. The summed E-state index contributed by atoms with van der Waals surface area (Å²) in [7, 11) is 0. The molecule has 0 saturated carbocycles. The molecule has 0 aromatic carbocycles. The van der Waals surface area contributed by atoms with Crippen LogP contribution in [0.5, 0.6) is 0 Å². The minimum atomic E-state index is -0.454. The Morgan fingerprint density at radius 1 is 1.25 bits per heavy atom. The monoisotopic (exact) mass is 339 g/mol. The molecule has 2 bridgehead atoms. The Morgan fingerprint density at radius 3 is 2.46 bits per heavy atom. The number of carbonyl (C=O) groups is 1. The van der Waals surface area contributed by atoms with Gasteiger partial charge in [-0.05, 0) is 60.3 Å². The van der Waals surface area contributed by atoms with Gasteiger partial charge in [0.25, 0.3) is 0 Å². The van der Waals surface area contributed by atoms with Crippen LogP contribution >= 0.6 is 0 Å². The second-order valence-electron chi connectivity index (χ2n) is 7.61. The number of hydrogen-bond acceptors (Lipinski definition) is 4. The highest BCUT2D eigenvalue weighted by atomic mass is 16.7. The zero-order valence-corrected chi connectivity index (χ0v) is 15.8. The summed E-state index contributed by atoms with van der Waals surface area (Å²) >= 11 is 0. The maximum Gasteiger partial charge on any atom is 0.411 e. The smallest absolute Gasteiger partial charge is 0.411 e. The van der Waals surface area contributed by atoms with E-state index in [2.05, 4.69) is 6.08 Å². The van der Waals surface area contributed by atoms with Crippen molar-refractivity contribution < 1.29 is 19.0 Å². The summed E-state index contributed by atoms with van der Waals surface area (Å²) in [6.07, 6.45) is 6.78. The summed E-state index contributed by atoms with van der Waals surface area (Å²) in [4.78, 5) is 14.5. The first-order valence-electron chi connectivity index (χ1n) is 9.28. The molecule has 0 N–H and O–H groups in total. The van der Waals surface area contributed by atoms with Crippen LogP contribution < -0.4 is 0 Å².